The van der Waals surface area contributed by atoms with Gasteiger partial charge in [0.25, 0.3) is 0 Å². The lowest BCUT2D eigenvalue weighted by Crippen LogP contribution is -2.33. The number of piperidine rings is 1. The summed E-state index contributed by atoms with van der Waals surface area (Å²) in [6, 6.07) is 5.90. The largest absolute Gasteiger partial charge is 0.534 e. The summed E-state index contributed by atoms with van der Waals surface area (Å²) in [5, 5.41) is 9.31. The number of nitrogens with zero attached hydrogens (tertiary/aromatic N) is 2. The van der Waals surface area contributed by atoms with Crippen LogP contribution in [-0.4, -0.2) is 38.5 Å². The molecule has 0 radical (unpaired) electrons. The monoisotopic (exact) mass is 362 g/mol. The molecule has 132 valence electrons. The zero-order valence-electron chi connectivity index (χ0n) is 13.0. The molecule has 1 aliphatic heterocycles. The van der Waals surface area contributed by atoms with E-state index in [4.69, 9.17) is 0 Å². The van der Waals surface area contributed by atoms with Crippen LogP contribution in [0.5, 0.6) is 5.75 Å². The molecule has 1 aromatic rings. The summed E-state index contributed by atoms with van der Waals surface area (Å²) in [6.45, 7) is 4.58. The summed E-state index contributed by atoms with van der Waals surface area (Å²) < 4.78 is 64.0. The molecule has 2 rings (SSSR count). The van der Waals surface area contributed by atoms with E-state index in [1.807, 2.05) is 6.92 Å². The molecule has 0 atom stereocenters. The average molecular weight is 362 g/mol. The second-order valence-corrected chi connectivity index (χ2v) is 7.06. The van der Waals surface area contributed by atoms with Crippen LogP contribution < -0.4 is 4.18 Å². The van der Waals surface area contributed by atoms with Gasteiger partial charge in [0.1, 0.15) is 6.07 Å². The Kier molecular flexibility index (Phi) is 5.40. The molecule has 5 nitrogen and oxygen atoms in total. The average Bonchev–Trinajstić information content (AvgIpc) is 2.53. The summed E-state index contributed by atoms with van der Waals surface area (Å²) in [5.74, 6) is -0.593. The highest BCUT2D eigenvalue weighted by molar-refractivity contribution is 7.88. The first kappa shape index (κ1) is 18.5. The smallest absolute Gasteiger partial charge is 0.375 e. The van der Waals surface area contributed by atoms with E-state index in [1.165, 1.54) is 6.07 Å². The van der Waals surface area contributed by atoms with Crippen LogP contribution in [0, 0.1) is 11.3 Å². The summed E-state index contributed by atoms with van der Waals surface area (Å²) in [6.07, 6.45) is 1.50. The van der Waals surface area contributed by atoms with Gasteiger partial charge < -0.3 is 9.08 Å². The third kappa shape index (κ3) is 3.82. The first-order valence-electron chi connectivity index (χ1n) is 7.45. The lowest BCUT2D eigenvalue weighted by atomic mass is 9.86. The van der Waals surface area contributed by atoms with Gasteiger partial charge in [-0.15, -0.1) is 0 Å². The van der Waals surface area contributed by atoms with Crippen molar-refractivity contribution in [3.05, 3.63) is 29.3 Å². The fourth-order valence-electron chi connectivity index (χ4n) is 2.80. The predicted molar refractivity (Wildman–Crippen MR) is 80.8 cm³/mol. The van der Waals surface area contributed by atoms with Gasteiger partial charge in [-0.3, -0.25) is 0 Å². The molecule has 0 spiro atoms. The third-order valence-electron chi connectivity index (χ3n) is 4.13. The molecular formula is C15H17F3N2O3S. The fourth-order valence-corrected chi connectivity index (χ4v) is 3.27. The van der Waals surface area contributed by atoms with E-state index in [0.717, 1.165) is 38.5 Å². The maximum Gasteiger partial charge on any atom is 0.534 e. The molecule has 0 N–H and O–H groups in total. The van der Waals surface area contributed by atoms with Crippen molar-refractivity contribution in [3.63, 3.8) is 0 Å². The molecule has 0 unspecified atom stereocenters. The molecule has 0 bridgehead atoms. The summed E-state index contributed by atoms with van der Waals surface area (Å²) in [5.41, 5.74) is -5.16. The second-order valence-electron chi connectivity index (χ2n) is 5.52. The van der Waals surface area contributed by atoms with Crippen LogP contribution in [-0.2, 0) is 10.1 Å². The molecular weight excluding hydrogens is 345 g/mol. The van der Waals surface area contributed by atoms with Crippen molar-refractivity contribution in [2.45, 2.75) is 31.2 Å². The van der Waals surface area contributed by atoms with E-state index in [0.29, 0.717) is 5.56 Å². The van der Waals surface area contributed by atoms with Crippen molar-refractivity contribution in [2.24, 2.45) is 0 Å². The molecule has 1 saturated heterocycles. The molecule has 24 heavy (non-hydrogen) atoms. The van der Waals surface area contributed by atoms with Gasteiger partial charge in [-0.2, -0.15) is 26.9 Å². The van der Waals surface area contributed by atoms with E-state index in [1.54, 1.807) is 12.1 Å². The van der Waals surface area contributed by atoms with Crippen LogP contribution >= 0.6 is 0 Å². The number of alkyl halides is 3. The number of nitriles is 1. The Hall–Kier alpha value is -1.79. The van der Waals surface area contributed by atoms with Crippen LogP contribution in [0.3, 0.4) is 0 Å². The lowest BCUT2D eigenvalue weighted by Gasteiger charge is -2.31. The maximum atomic E-state index is 12.5. The summed E-state index contributed by atoms with van der Waals surface area (Å²) in [4.78, 5) is 2.23. The van der Waals surface area contributed by atoms with Crippen molar-refractivity contribution in [2.75, 3.05) is 19.6 Å². The topological polar surface area (TPSA) is 70.4 Å². The quantitative estimate of drug-likeness (QED) is 0.608. The SMILES string of the molecule is CCN1CCC(c2cccc(OS(=O)(=O)C(F)(F)F)c2C#N)CC1. The van der Waals surface area contributed by atoms with E-state index >= 15 is 0 Å². The molecule has 9 heteroatoms. The molecule has 1 aliphatic rings. The van der Waals surface area contributed by atoms with Gasteiger partial charge in [-0.1, -0.05) is 19.1 Å². The first-order valence-corrected chi connectivity index (χ1v) is 8.86. The molecule has 0 aromatic heterocycles. The minimum atomic E-state index is -5.80. The van der Waals surface area contributed by atoms with Crippen molar-refractivity contribution in [1.29, 1.82) is 5.26 Å². The van der Waals surface area contributed by atoms with Crippen LogP contribution in [0.25, 0.3) is 0 Å². The summed E-state index contributed by atoms with van der Waals surface area (Å²) >= 11 is 0. The van der Waals surface area contributed by atoms with E-state index in [-0.39, 0.29) is 11.5 Å². The van der Waals surface area contributed by atoms with Crippen molar-refractivity contribution in [1.82, 2.24) is 4.90 Å². The van der Waals surface area contributed by atoms with Crippen molar-refractivity contribution >= 4 is 10.1 Å². The van der Waals surface area contributed by atoms with Gasteiger partial charge in [-0.05, 0) is 50.0 Å². The zero-order chi connectivity index (χ0) is 18.0. The van der Waals surface area contributed by atoms with Crippen LogP contribution in [0.15, 0.2) is 18.2 Å². The van der Waals surface area contributed by atoms with E-state index in [9.17, 15) is 26.9 Å². The Morgan fingerprint density at radius 2 is 1.96 bits per heavy atom. The standard InChI is InChI=1S/C15H17F3N2O3S/c1-2-20-8-6-11(7-9-20)12-4-3-5-14(13(12)10-19)23-24(21,22)15(16,17)18/h3-5,11H,2,6-9H2,1H3. The van der Waals surface area contributed by atoms with Gasteiger partial charge >= 0.3 is 15.6 Å². The van der Waals surface area contributed by atoms with Crippen molar-refractivity contribution in [3.8, 4) is 11.8 Å². The zero-order valence-corrected chi connectivity index (χ0v) is 13.8. The van der Waals surface area contributed by atoms with E-state index < -0.39 is 21.4 Å². The van der Waals surface area contributed by atoms with Crippen LogP contribution in [0.2, 0.25) is 0 Å². The minimum Gasteiger partial charge on any atom is -0.375 e. The predicted octanol–water partition coefficient (Wildman–Crippen LogP) is 2.99. The highest BCUT2D eigenvalue weighted by Crippen LogP contribution is 2.36. The fraction of sp³-hybridized carbons (Fsp3) is 0.533. The lowest BCUT2D eigenvalue weighted by molar-refractivity contribution is -0.0500. The highest BCUT2D eigenvalue weighted by Gasteiger charge is 2.49. The highest BCUT2D eigenvalue weighted by atomic mass is 32.2. The summed E-state index contributed by atoms with van der Waals surface area (Å²) in [7, 11) is -5.80. The second kappa shape index (κ2) is 6.99. The van der Waals surface area contributed by atoms with Crippen LogP contribution in [0.4, 0.5) is 13.2 Å². The van der Waals surface area contributed by atoms with E-state index in [2.05, 4.69) is 9.08 Å². The Morgan fingerprint density at radius 3 is 2.46 bits per heavy atom. The Labute approximate surface area is 138 Å². The Balaban J connectivity index is 2.32. The van der Waals surface area contributed by atoms with Gasteiger partial charge in [0.2, 0.25) is 0 Å². The third-order valence-corrected chi connectivity index (χ3v) is 5.09. The van der Waals surface area contributed by atoms with Gasteiger partial charge in [0.05, 0.1) is 5.56 Å². The molecule has 0 aliphatic carbocycles. The molecule has 1 heterocycles. The number of benzene rings is 1. The Morgan fingerprint density at radius 1 is 1.33 bits per heavy atom. The number of likely N-dealkylation sites (tertiary alicyclic amines) is 1. The number of rotatable bonds is 4. The number of hydrogen-bond donors (Lipinski definition) is 0. The number of hydrogen-bond acceptors (Lipinski definition) is 5. The molecule has 0 amide bonds. The normalized spacial score (nSPS) is 17.5. The molecule has 1 fully saturated rings. The minimum absolute atomic E-state index is 0.0143. The van der Waals surface area contributed by atoms with Gasteiger partial charge in [0.15, 0.2) is 5.75 Å². The van der Waals surface area contributed by atoms with Crippen LogP contribution in [0.1, 0.15) is 36.8 Å². The van der Waals surface area contributed by atoms with Gasteiger partial charge in [-0.25, -0.2) is 0 Å². The van der Waals surface area contributed by atoms with Gasteiger partial charge in [0, 0.05) is 0 Å². The molecule has 1 aromatic carbocycles. The molecule has 0 saturated carbocycles. The first-order chi connectivity index (χ1) is 11.2. The number of halogens is 3. The Bertz CT molecular complexity index is 733. The maximum absolute atomic E-state index is 12.5. The van der Waals surface area contributed by atoms with Crippen molar-refractivity contribution < 1.29 is 25.8 Å².